The van der Waals surface area contributed by atoms with Crippen LogP contribution in [0.2, 0.25) is 0 Å². The average molecular weight is 232 g/mol. The van der Waals surface area contributed by atoms with Crippen LogP contribution in [0.1, 0.15) is 37.9 Å². The van der Waals surface area contributed by atoms with Crippen LogP contribution in [-0.2, 0) is 0 Å². The zero-order chi connectivity index (χ0) is 12.8. The van der Waals surface area contributed by atoms with Crippen LogP contribution in [0.25, 0.3) is 0 Å². The van der Waals surface area contributed by atoms with Gasteiger partial charge in [-0.25, -0.2) is 0 Å². The van der Waals surface area contributed by atoms with Gasteiger partial charge in [0.25, 0.3) is 0 Å². The van der Waals surface area contributed by atoms with E-state index < -0.39 is 0 Å². The monoisotopic (exact) mass is 232 g/mol. The van der Waals surface area contributed by atoms with E-state index in [0.29, 0.717) is 11.5 Å². The molecule has 0 spiro atoms. The fourth-order valence-corrected chi connectivity index (χ4v) is 1.75. The first kappa shape index (κ1) is 13.7. The highest BCUT2D eigenvalue weighted by Gasteiger charge is 2.15. The molecule has 0 aromatic heterocycles. The number of aliphatic hydroxyl groups excluding tert-OH is 1. The summed E-state index contributed by atoms with van der Waals surface area (Å²) in [4.78, 5) is 0. The Balaban J connectivity index is 2.75. The molecule has 3 heteroatoms. The molecule has 3 nitrogen and oxygen atoms in total. The highest BCUT2D eigenvalue weighted by molar-refractivity contribution is 5.34. The molecule has 0 saturated heterocycles. The molecule has 0 aliphatic heterocycles. The second-order valence-corrected chi connectivity index (χ2v) is 4.66. The third kappa shape index (κ3) is 3.85. The highest BCUT2D eigenvalue weighted by Crippen LogP contribution is 2.16. The van der Waals surface area contributed by atoms with Gasteiger partial charge in [-0.05, 0) is 30.5 Å². The Hall–Kier alpha value is -1.37. The third-order valence-electron chi connectivity index (χ3n) is 2.98. The van der Waals surface area contributed by atoms with Gasteiger partial charge in [0.15, 0.2) is 0 Å². The lowest BCUT2D eigenvalue weighted by atomic mass is 10.0. The van der Waals surface area contributed by atoms with E-state index in [0.717, 1.165) is 5.56 Å². The summed E-state index contributed by atoms with van der Waals surface area (Å²) in [6.45, 7) is 6.32. The van der Waals surface area contributed by atoms with Crippen molar-refractivity contribution in [3.05, 3.63) is 35.4 Å². The summed E-state index contributed by atoms with van der Waals surface area (Å²) in [5.74, 6) is 0.376. The molecule has 2 N–H and O–H groups in total. The van der Waals surface area contributed by atoms with Gasteiger partial charge in [0.1, 0.15) is 0 Å². The first-order chi connectivity index (χ1) is 8.08. The lowest BCUT2D eigenvalue weighted by molar-refractivity contribution is 0.201. The molecule has 1 rings (SSSR count). The van der Waals surface area contributed by atoms with E-state index in [1.165, 1.54) is 0 Å². The standard InChI is InChI=1S/C14H20N2O/c1-10(2)14(9-17)16-11(3)13-6-4-5-12(7-13)8-15/h4-7,10-11,14,16-17H,9H2,1-3H3. The second kappa shape index (κ2) is 6.39. The minimum atomic E-state index is 0.0794. The van der Waals surface area contributed by atoms with Crippen molar-refractivity contribution in [1.29, 1.82) is 5.26 Å². The number of rotatable bonds is 5. The van der Waals surface area contributed by atoms with Gasteiger partial charge in [-0.2, -0.15) is 5.26 Å². The number of aliphatic hydroxyl groups is 1. The molecule has 1 aromatic rings. The molecule has 2 atom stereocenters. The van der Waals surface area contributed by atoms with Crippen molar-refractivity contribution in [3.63, 3.8) is 0 Å². The van der Waals surface area contributed by atoms with E-state index in [1.807, 2.05) is 25.1 Å². The molecule has 92 valence electrons. The molecule has 0 amide bonds. The zero-order valence-electron chi connectivity index (χ0n) is 10.6. The minimum Gasteiger partial charge on any atom is -0.395 e. The molecule has 0 fully saturated rings. The third-order valence-corrected chi connectivity index (χ3v) is 2.98. The van der Waals surface area contributed by atoms with Crippen molar-refractivity contribution >= 4 is 0 Å². The molecule has 0 aliphatic carbocycles. The van der Waals surface area contributed by atoms with Crippen LogP contribution in [-0.4, -0.2) is 17.8 Å². The maximum absolute atomic E-state index is 9.28. The Morgan fingerprint density at radius 2 is 2.06 bits per heavy atom. The molecule has 0 heterocycles. The Kier molecular flexibility index (Phi) is 5.14. The van der Waals surface area contributed by atoms with Crippen molar-refractivity contribution in [1.82, 2.24) is 5.32 Å². The van der Waals surface area contributed by atoms with E-state index in [1.54, 1.807) is 6.07 Å². The highest BCUT2D eigenvalue weighted by atomic mass is 16.3. The zero-order valence-corrected chi connectivity index (χ0v) is 10.6. The summed E-state index contributed by atoms with van der Waals surface area (Å²) in [5, 5.41) is 21.5. The van der Waals surface area contributed by atoms with Crippen LogP contribution in [0.4, 0.5) is 0 Å². The number of nitrogens with zero attached hydrogens (tertiary/aromatic N) is 1. The lowest BCUT2D eigenvalue weighted by Gasteiger charge is -2.25. The van der Waals surface area contributed by atoms with Crippen LogP contribution in [0.15, 0.2) is 24.3 Å². The van der Waals surface area contributed by atoms with Crippen molar-refractivity contribution in [2.24, 2.45) is 5.92 Å². The van der Waals surface area contributed by atoms with Crippen LogP contribution >= 0.6 is 0 Å². The molecule has 0 aliphatic rings. The van der Waals surface area contributed by atoms with Gasteiger partial charge in [0.2, 0.25) is 0 Å². The SMILES string of the molecule is CC(NC(CO)C(C)C)c1cccc(C#N)c1. The topological polar surface area (TPSA) is 56.0 Å². The van der Waals surface area contributed by atoms with E-state index in [-0.39, 0.29) is 18.7 Å². The molecule has 2 unspecified atom stereocenters. The second-order valence-electron chi connectivity index (χ2n) is 4.66. The summed E-state index contributed by atoms with van der Waals surface area (Å²) >= 11 is 0. The first-order valence-corrected chi connectivity index (χ1v) is 5.95. The predicted octanol–water partition coefficient (Wildman–Crippen LogP) is 2.23. The van der Waals surface area contributed by atoms with E-state index in [4.69, 9.17) is 5.26 Å². The van der Waals surface area contributed by atoms with Gasteiger partial charge in [-0.3, -0.25) is 0 Å². The van der Waals surface area contributed by atoms with Crippen LogP contribution in [0.3, 0.4) is 0 Å². The Bertz CT molecular complexity index is 395. The van der Waals surface area contributed by atoms with Gasteiger partial charge >= 0.3 is 0 Å². The van der Waals surface area contributed by atoms with Crippen molar-refractivity contribution in [2.75, 3.05) is 6.61 Å². The van der Waals surface area contributed by atoms with Crippen molar-refractivity contribution in [2.45, 2.75) is 32.9 Å². The van der Waals surface area contributed by atoms with Crippen molar-refractivity contribution < 1.29 is 5.11 Å². The molecule has 0 saturated carbocycles. The van der Waals surface area contributed by atoms with Crippen molar-refractivity contribution in [3.8, 4) is 6.07 Å². The van der Waals surface area contributed by atoms with E-state index in [2.05, 4.69) is 25.2 Å². The van der Waals surface area contributed by atoms with Gasteiger partial charge in [-0.1, -0.05) is 26.0 Å². The summed E-state index contributed by atoms with van der Waals surface area (Å²) in [7, 11) is 0. The Morgan fingerprint density at radius 1 is 1.35 bits per heavy atom. The summed E-state index contributed by atoms with van der Waals surface area (Å²) in [6, 6.07) is 9.90. The first-order valence-electron chi connectivity index (χ1n) is 5.95. The fraction of sp³-hybridized carbons (Fsp3) is 0.500. The van der Waals surface area contributed by atoms with Gasteiger partial charge in [-0.15, -0.1) is 0 Å². The largest absolute Gasteiger partial charge is 0.395 e. The van der Waals surface area contributed by atoms with E-state index >= 15 is 0 Å². The van der Waals surface area contributed by atoms with Crippen LogP contribution < -0.4 is 5.32 Å². The fourth-order valence-electron chi connectivity index (χ4n) is 1.75. The quantitative estimate of drug-likeness (QED) is 0.818. The summed E-state index contributed by atoms with van der Waals surface area (Å²) in [5.41, 5.74) is 1.74. The molecular weight excluding hydrogens is 212 g/mol. The van der Waals surface area contributed by atoms with Gasteiger partial charge in [0.05, 0.1) is 18.2 Å². The average Bonchev–Trinajstić information content (AvgIpc) is 2.35. The van der Waals surface area contributed by atoms with E-state index in [9.17, 15) is 5.11 Å². The number of nitrogens with one attached hydrogen (secondary N) is 1. The smallest absolute Gasteiger partial charge is 0.0991 e. The minimum absolute atomic E-state index is 0.0794. The predicted molar refractivity (Wildman–Crippen MR) is 68.4 cm³/mol. The lowest BCUT2D eigenvalue weighted by Crippen LogP contribution is -2.38. The number of nitriles is 1. The summed E-state index contributed by atoms with van der Waals surface area (Å²) in [6.07, 6.45) is 0. The van der Waals surface area contributed by atoms with Crippen LogP contribution in [0.5, 0.6) is 0 Å². The summed E-state index contributed by atoms with van der Waals surface area (Å²) < 4.78 is 0. The normalized spacial score (nSPS) is 14.4. The molecule has 17 heavy (non-hydrogen) atoms. The maximum atomic E-state index is 9.28. The number of hydrogen-bond acceptors (Lipinski definition) is 3. The molecular formula is C14H20N2O. The Labute approximate surface area is 103 Å². The molecule has 0 radical (unpaired) electrons. The Morgan fingerprint density at radius 3 is 2.59 bits per heavy atom. The van der Waals surface area contributed by atoms with Crippen LogP contribution in [0, 0.1) is 17.2 Å². The number of hydrogen-bond donors (Lipinski definition) is 2. The van der Waals surface area contributed by atoms with Gasteiger partial charge in [0, 0.05) is 12.1 Å². The maximum Gasteiger partial charge on any atom is 0.0991 e. The van der Waals surface area contributed by atoms with Gasteiger partial charge < -0.3 is 10.4 Å². The molecule has 1 aromatic carbocycles. The molecule has 0 bridgehead atoms. The number of benzene rings is 1.